The average Bonchev–Trinajstić information content (AvgIpc) is 3.16. The summed E-state index contributed by atoms with van der Waals surface area (Å²) in [4.78, 5) is 18.1. The monoisotopic (exact) mass is 333 g/mol. The third-order valence-corrected chi connectivity index (χ3v) is 4.75. The summed E-state index contributed by atoms with van der Waals surface area (Å²) in [5.74, 6) is -0.454. The number of H-pyrrole nitrogens is 2. The molecule has 0 atom stereocenters. The molecule has 0 unspecified atom stereocenters. The van der Waals surface area contributed by atoms with Gasteiger partial charge in [0.2, 0.25) is 0 Å². The SMILES string of the molecule is Cc1[nH]c2c(Nc3ccc(C(N)=O)c4[nH]ccc34)ccc(N)c2c1C. The van der Waals surface area contributed by atoms with Crippen LogP contribution in [0.25, 0.3) is 21.8 Å². The van der Waals surface area contributed by atoms with Crippen molar-refractivity contribution in [3.05, 3.63) is 53.3 Å². The van der Waals surface area contributed by atoms with E-state index in [-0.39, 0.29) is 0 Å². The minimum Gasteiger partial charge on any atom is -0.398 e. The third kappa shape index (κ3) is 2.22. The molecule has 126 valence electrons. The standard InChI is InChI=1S/C19H19N5O/c1-9-10(2)23-18-15(6-4-13(20)16(9)18)24-14-5-3-12(19(21)25)17-11(14)7-8-22-17/h3-8,22-24H,20H2,1-2H3,(H2,21,25). The third-order valence-electron chi connectivity index (χ3n) is 4.75. The fourth-order valence-electron chi connectivity index (χ4n) is 3.34. The summed E-state index contributed by atoms with van der Waals surface area (Å²) in [6, 6.07) is 9.36. The first-order chi connectivity index (χ1) is 12.0. The predicted octanol–water partition coefficient (Wildman–Crippen LogP) is 3.69. The zero-order chi connectivity index (χ0) is 17.7. The zero-order valence-corrected chi connectivity index (χ0v) is 14.0. The number of nitrogen functional groups attached to an aromatic ring is 1. The molecule has 0 aliphatic rings. The van der Waals surface area contributed by atoms with Crippen molar-refractivity contribution in [2.75, 3.05) is 11.1 Å². The molecule has 0 bridgehead atoms. The van der Waals surface area contributed by atoms with Gasteiger partial charge in [-0.05, 0) is 49.7 Å². The maximum absolute atomic E-state index is 11.6. The second-order valence-electron chi connectivity index (χ2n) is 6.24. The van der Waals surface area contributed by atoms with Crippen molar-refractivity contribution in [2.24, 2.45) is 5.73 Å². The molecule has 6 heteroatoms. The highest BCUT2D eigenvalue weighted by molar-refractivity contribution is 6.10. The van der Waals surface area contributed by atoms with Gasteiger partial charge in [0.1, 0.15) is 0 Å². The van der Waals surface area contributed by atoms with E-state index < -0.39 is 5.91 Å². The molecule has 2 heterocycles. The number of fused-ring (bicyclic) bond motifs is 2. The Kier molecular flexibility index (Phi) is 3.21. The van der Waals surface area contributed by atoms with E-state index in [1.165, 1.54) is 0 Å². The van der Waals surface area contributed by atoms with Crippen molar-refractivity contribution in [1.82, 2.24) is 9.97 Å². The van der Waals surface area contributed by atoms with Crippen molar-refractivity contribution in [1.29, 1.82) is 0 Å². The number of benzene rings is 2. The number of hydrogen-bond acceptors (Lipinski definition) is 3. The molecule has 4 aromatic rings. The number of aryl methyl sites for hydroxylation is 2. The molecule has 4 rings (SSSR count). The van der Waals surface area contributed by atoms with Crippen LogP contribution in [0.15, 0.2) is 36.5 Å². The number of nitrogens with one attached hydrogen (secondary N) is 3. The van der Waals surface area contributed by atoms with Crippen LogP contribution >= 0.6 is 0 Å². The fourth-order valence-corrected chi connectivity index (χ4v) is 3.34. The minimum absolute atomic E-state index is 0.454. The van der Waals surface area contributed by atoms with Crippen molar-refractivity contribution in [3.63, 3.8) is 0 Å². The molecule has 7 N–H and O–H groups in total. The summed E-state index contributed by atoms with van der Waals surface area (Å²) < 4.78 is 0. The number of hydrogen-bond donors (Lipinski definition) is 5. The molecule has 6 nitrogen and oxygen atoms in total. The van der Waals surface area contributed by atoms with Crippen LogP contribution in [-0.4, -0.2) is 15.9 Å². The van der Waals surface area contributed by atoms with Gasteiger partial charge >= 0.3 is 0 Å². The highest BCUT2D eigenvalue weighted by Crippen LogP contribution is 2.35. The summed E-state index contributed by atoms with van der Waals surface area (Å²) in [6.07, 6.45) is 1.80. The van der Waals surface area contributed by atoms with Crippen LogP contribution < -0.4 is 16.8 Å². The van der Waals surface area contributed by atoms with E-state index >= 15 is 0 Å². The molecule has 1 amide bonds. The van der Waals surface area contributed by atoms with E-state index in [2.05, 4.69) is 22.2 Å². The Morgan fingerprint density at radius 1 is 1.04 bits per heavy atom. The van der Waals surface area contributed by atoms with Crippen LogP contribution in [0.1, 0.15) is 21.6 Å². The Morgan fingerprint density at radius 3 is 2.56 bits per heavy atom. The van der Waals surface area contributed by atoms with Crippen LogP contribution in [0, 0.1) is 13.8 Å². The van der Waals surface area contributed by atoms with Gasteiger partial charge in [-0.15, -0.1) is 0 Å². The molecule has 0 saturated heterocycles. The van der Waals surface area contributed by atoms with Crippen molar-refractivity contribution in [2.45, 2.75) is 13.8 Å². The molecular weight excluding hydrogens is 314 g/mol. The predicted molar refractivity (Wildman–Crippen MR) is 102 cm³/mol. The van der Waals surface area contributed by atoms with Gasteiger partial charge in [-0.1, -0.05) is 0 Å². The number of anilines is 3. The first-order valence-electron chi connectivity index (χ1n) is 8.01. The lowest BCUT2D eigenvalue weighted by atomic mass is 10.1. The van der Waals surface area contributed by atoms with Crippen LogP contribution in [0.2, 0.25) is 0 Å². The number of amides is 1. The number of primary amides is 1. The first kappa shape index (κ1) is 15.1. The van der Waals surface area contributed by atoms with Crippen molar-refractivity contribution >= 4 is 44.8 Å². The smallest absolute Gasteiger partial charge is 0.250 e. The maximum atomic E-state index is 11.6. The number of rotatable bonds is 3. The Morgan fingerprint density at radius 2 is 1.80 bits per heavy atom. The highest BCUT2D eigenvalue weighted by Gasteiger charge is 2.14. The van der Waals surface area contributed by atoms with Crippen LogP contribution in [0.3, 0.4) is 0 Å². The first-order valence-corrected chi connectivity index (χ1v) is 8.01. The van der Waals surface area contributed by atoms with Crippen molar-refractivity contribution in [3.8, 4) is 0 Å². The molecule has 2 aromatic heterocycles. The number of nitrogens with two attached hydrogens (primary N) is 2. The summed E-state index contributed by atoms with van der Waals surface area (Å²) in [6.45, 7) is 4.09. The van der Waals surface area contributed by atoms with E-state index in [1.54, 1.807) is 12.3 Å². The fraction of sp³-hybridized carbons (Fsp3) is 0.105. The quantitative estimate of drug-likeness (QED) is 0.368. The Hall–Kier alpha value is -3.41. The molecule has 25 heavy (non-hydrogen) atoms. The average molecular weight is 333 g/mol. The largest absolute Gasteiger partial charge is 0.398 e. The lowest BCUT2D eigenvalue weighted by Crippen LogP contribution is -2.11. The summed E-state index contributed by atoms with van der Waals surface area (Å²) in [7, 11) is 0. The zero-order valence-electron chi connectivity index (χ0n) is 14.0. The Balaban J connectivity index is 1.88. The van der Waals surface area contributed by atoms with E-state index in [1.807, 2.05) is 31.2 Å². The van der Waals surface area contributed by atoms with E-state index in [9.17, 15) is 4.79 Å². The molecule has 0 aliphatic carbocycles. The summed E-state index contributed by atoms with van der Waals surface area (Å²) in [5, 5.41) is 5.38. The van der Waals surface area contributed by atoms with Gasteiger partial charge in [0, 0.05) is 34.0 Å². The van der Waals surface area contributed by atoms with E-state index in [0.717, 1.165) is 50.1 Å². The van der Waals surface area contributed by atoms with Gasteiger partial charge in [0.05, 0.1) is 22.3 Å². The molecule has 0 aliphatic heterocycles. The van der Waals surface area contributed by atoms with E-state index in [0.29, 0.717) is 5.56 Å². The highest BCUT2D eigenvalue weighted by atomic mass is 16.1. The van der Waals surface area contributed by atoms with Crippen LogP contribution in [0.4, 0.5) is 17.1 Å². The van der Waals surface area contributed by atoms with Gasteiger partial charge in [0.25, 0.3) is 5.91 Å². The van der Waals surface area contributed by atoms with Gasteiger partial charge in [-0.2, -0.15) is 0 Å². The molecule has 0 fully saturated rings. The topological polar surface area (TPSA) is 113 Å². The number of aromatic amines is 2. The van der Waals surface area contributed by atoms with Gasteiger partial charge < -0.3 is 26.8 Å². The lowest BCUT2D eigenvalue weighted by Gasteiger charge is -2.11. The number of aromatic nitrogens is 2. The van der Waals surface area contributed by atoms with E-state index in [4.69, 9.17) is 11.5 Å². The maximum Gasteiger partial charge on any atom is 0.250 e. The van der Waals surface area contributed by atoms with Gasteiger partial charge in [0.15, 0.2) is 0 Å². The molecule has 0 spiro atoms. The summed E-state index contributed by atoms with van der Waals surface area (Å²) in [5.41, 5.74) is 18.6. The lowest BCUT2D eigenvalue weighted by molar-refractivity contribution is 0.100. The Labute approximate surface area is 144 Å². The molecule has 2 aromatic carbocycles. The van der Waals surface area contributed by atoms with Crippen molar-refractivity contribution < 1.29 is 4.79 Å². The normalized spacial score (nSPS) is 11.3. The molecular formula is C19H19N5O. The minimum atomic E-state index is -0.454. The molecule has 0 saturated carbocycles. The molecule has 0 radical (unpaired) electrons. The second-order valence-corrected chi connectivity index (χ2v) is 6.24. The summed E-state index contributed by atoms with van der Waals surface area (Å²) >= 11 is 0. The van der Waals surface area contributed by atoms with Crippen LogP contribution in [0.5, 0.6) is 0 Å². The second kappa shape index (κ2) is 5.31. The van der Waals surface area contributed by atoms with Crippen LogP contribution in [-0.2, 0) is 0 Å². The van der Waals surface area contributed by atoms with Gasteiger partial charge in [-0.25, -0.2) is 0 Å². The Bertz CT molecular complexity index is 1140. The van der Waals surface area contributed by atoms with Gasteiger partial charge in [-0.3, -0.25) is 4.79 Å². The number of carbonyl (C=O) groups is 1. The number of carbonyl (C=O) groups excluding carboxylic acids is 1.